The molecular formula is C12H13ClFNO4S. The van der Waals surface area contributed by atoms with Crippen LogP contribution in [0.15, 0.2) is 23.1 Å². The molecule has 0 radical (unpaired) electrons. The summed E-state index contributed by atoms with van der Waals surface area (Å²) < 4.78 is 40.1. The second-order valence-corrected chi connectivity index (χ2v) is 6.86. The van der Waals surface area contributed by atoms with Gasteiger partial charge in [0.05, 0.1) is 6.42 Å². The van der Waals surface area contributed by atoms with Crippen molar-refractivity contribution in [3.05, 3.63) is 29.0 Å². The molecule has 1 aliphatic carbocycles. The lowest BCUT2D eigenvalue weighted by Gasteiger charge is -2.16. The highest BCUT2D eigenvalue weighted by Gasteiger charge is 2.36. The summed E-state index contributed by atoms with van der Waals surface area (Å²) in [5, 5.41) is 8.88. The van der Waals surface area contributed by atoms with Gasteiger partial charge in [0.1, 0.15) is 10.7 Å². The van der Waals surface area contributed by atoms with Crippen LogP contribution in [-0.4, -0.2) is 25.5 Å². The Kier molecular flexibility index (Phi) is 4.31. The Morgan fingerprint density at radius 2 is 2.15 bits per heavy atom. The fourth-order valence-corrected chi connectivity index (χ4v) is 3.47. The molecule has 1 aliphatic rings. The summed E-state index contributed by atoms with van der Waals surface area (Å²) in [6, 6.07) is 2.51. The van der Waals surface area contributed by atoms with E-state index in [1.54, 1.807) is 0 Å². The molecule has 1 aromatic rings. The molecule has 1 aromatic carbocycles. The van der Waals surface area contributed by atoms with Crippen LogP contribution >= 0.6 is 11.6 Å². The van der Waals surface area contributed by atoms with Crippen LogP contribution in [0.5, 0.6) is 0 Å². The van der Waals surface area contributed by atoms with E-state index in [0.29, 0.717) is 0 Å². The molecule has 2 N–H and O–H groups in total. The first-order valence-electron chi connectivity index (χ1n) is 5.99. The summed E-state index contributed by atoms with van der Waals surface area (Å²) in [6.45, 7) is 0. The Morgan fingerprint density at radius 3 is 2.65 bits per heavy atom. The number of halogens is 2. The lowest BCUT2D eigenvalue weighted by Crippen LogP contribution is -2.38. The number of carboxylic acid groups (broad SMARTS) is 1. The van der Waals surface area contributed by atoms with E-state index < -0.39 is 32.7 Å². The van der Waals surface area contributed by atoms with Crippen LogP contribution in [0.1, 0.15) is 19.3 Å². The Bertz CT molecular complexity index is 630. The lowest BCUT2D eigenvalue weighted by atomic mass is 10.1. The zero-order chi connectivity index (χ0) is 14.9. The number of nitrogens with one attached hydrogen (secondary N) is 1. The summed E-state index contributed by atoms with van der Waals surface area (Å²) in [5.41, 5.74) is 0. The topological polar surface area (TPSA) is 83.5 Å². The highest BCUT2D eigenvalue weighted by molar-refractivity contribution is 7.89. The minimum Gasteiger partial charge on any atom is -0.481 e. The molecule has 2 rings (SSSR count). The molecule has 20 heavy (non-hydrogen) atoms. The number of aliphatic carboxylic acids is 1. The van der Waals surface area contributed by atoms with E-state index in [0.717, 1.165) is 25.0 Å². The third-order valence-corrected chi connectivity index (χ3v) is 4.83. The minimum absolute atomic E-state index is 0.00348. The van der Waals surface area contributed by atoms with Crippen molar-refractivity contribution < 1.29 is 22.7 Å². The molecule has 1 fully saturated rings. The molecule has 1 saturated carbocycles. The average molecular weight is 322 g/mol. The molecule has 0 amide bonds. The predicted molar refractivity (Wildman–Crippen MR) is 70.5 cm³/mol. The number of carbonyl (C=O) groups is 1. The van der Waals surface area contributed by atoms with E-state index in [2.05, 4.69) is 4.72 Å². The van der Waals surface area contributed by atoms with Crippen LogP contribution in [0, 0.1) is 11.7 Å². The molecule has 0 heterocycles. The van der Waals surface area contributed by atoms with Crippen LogP contribution in [-0.2, 0) is 14.8 Å². The van der Waals surface area contributed by atoms with Crippen LogP contribution in [0.2, 0.25) is 5.02 Å². The number of carboxylic acids is 1. The predicted octanol–water partition coefficient (Wildman–Crippen LogP) is 2.01. The van der Waals surface area contributed by atoms with E-state index in [9.17, 15) is 17.6 Å². The Balaban J connectivity index is 2.22. The van der Waals surface area contributed by atoms with Gasteiger partial charge in [-0.05, 0) is 37.0 Å². The molecule has 0 spiro atoms. The van der Waals surface area contributed by atoms with Gasteiger partial charge >= 0.3 is 5.97 Å². The van der Waals surface area contributed by atoms with E-state index in [4.69, 9.17) is 16.7 Å². The molecule has 5 nitrogen and oxygen atoms in total. The fourth-order valence-electron chi connectivity index (χ4n) is 1.95. The summed E-state index contributed by atoms with van der Waals surface area (Å²) in [7, 11) is -4.10. The first-order chi connectivity index (χ1) is 9.29. The van der Waals surface area contributed by atoms with Gasteiger partial charge in [0.15, 0.2) is 0 Å². The van der Waals surface area contributed by atoms with Crippen molar-refractivity contribution >= 4 is 27.6 Å². The SMILES string of the molecule is O=C(O)CC(NS(=O)(=O)c1ccc(Cl)cc1F)C1CC1. The molecule has 0 aliphatic heterocycles. The van der Waals surface area contributed by atoms with Crippen molar-refractivity contribution in [2.45, 2.75) is 30.2 Å². The van der Waals surface area contributed by atoms with Gasteiger partial charge in [-0.15, -0.1) is 0 Å². The third kappa shape index (κ3) is 3.68. The van der Waals surface area contributed by atoms with Gasteiger partial charge in [0.25, 0.3) is 0 Å². The first kappa shape index (κ1) is 15.2. The third-order valence-electron chi connectivity index (χ3n) is 3.08. The molecule has 1 unspecified atom stereocenters. The zero-order valence-corrected chi connectivity index (χ0v) is 11.9. The van der Waals surface area contributed by atoms with E-state index in [1.807, 2.05) is 0 Å². The van der Waals surface area contributed by atoms with Crippen molar-refractivity contribution in [2.24, 2.45) is 5.92 Å². The number of hydrogen-bond donors (Lipinski definition) is 2. The molecule has 1 atom stereocenters. The van der Waals surface area contributed by atoms with E-state index in [-0.39, 0.29) is 17.4 Å². The summed E-state index contributed by atoms with van der Waals surface area (Å²) in [5.74, 6) is -2.06. The second-order valence-electron chi connectivity index (χ2n) is 4.74. The Labute approximate surface area is 120 Å². The Hall–Kier alpha value is -1.18. The van der Waals surface area contributed by atoms with Crippen LogP contribution in [0.4, 0.5) is 4.39 Å². The number of sulfonamides is 1. The molecule has 0 bridgehead atoms. The van der Waals surface area contributed by atoms with Crippen LogP contribution in [0.25, 0.3) is 0 Å². The summed E-state index contributed by atoms with van der Waals surface area (Å²) in [4.78, 5) is 10.2. The van der Waals surface area contributed by atoms with Gasteiger partial charge in [-0.3, -0.25) is 4.79 Å². The maximum Gasteiger partial charge on any atom is 0.304 e. The van der Waals surface area contributed by atoms with Gasteiger partial charge in [0, 0.05) is 11.1 Å². The number of hydrogen-bond acceptors (Lipinski definition) is 3. The highest BCUT2D eigenvalue weighted by atomic mass is 35.5. The maximum atomic E-state index is 13.7. The highest BCUT2D eigenvalue weighted by Crippen LogP contribution is 2.35. The standard InChI is InChI=1S/C12H13ClFNO4S/c13-8-3-4-11(9(14)5-8)20(18,19)15-10(6-12(16)17)7-1-2-7/h3-5,7,10,15H,1-2,6H2,(H,16,17). The van der Waals surface area contributed by atoms with Gasteiger partial charge in [-0.1, -0.05) is 11.6 Å². The molecular weight excluding hydrogens is 309 g/mol. The number of rotatable bonds is 6. The minimum atomic E-state index is -4.10. The van der Waals surface area contributed by atoms with Crippen molar-refractivity contribution in [3.8, 4) is 0 Å². The van der Waals surface area contributed by atoms with Crippen LogP contribution < -0.4 is 4.72 Å². The quantitative estimate of drug-likeness (QED) is 0.839. The van der Waals surface area contributed by atoms with Gasteiger partial charge in [-0.25, -0.2) is 17.5 Å². The molecule has 0 saturated heterocycles. The summed E-state index contributed by atoms with van der Waals surface area (Å²) >= 11 is 5.57. The Morgan fingerprint density at radius 1 is 1.50 bits per heavy atom. The monoisotopic (exact) mass is 321 g/mol. The molecule has 110 valence electrons. The maximum absolute atomic E-state index is 13.7. The average Bonchev–Trinajstić information content (AvgIpc) is 3.09. The number of benzene rings is 1. The fraction of sp³-hybridized carbons (Fsp3) is 0.417. The van der Waals surface area contributed by atoms with Crippen molar-refractivity contribution in [1.82, 2.24) is 4.72 Å². The van der Waals surface area contributed by atoms with E-state index in [1.165, 1.54) is 6.07 Å². The van der Waals surface area contributed by atoms with E-state index >= 15 is 0 Å². The molecule has 0 aromatic heterocycles. The van der Waals surface area contributed by atoms with Gasteiger partial charge < -0.3 is 5.11 Å². The smallest absolute Gasteiger partial charge is 0.304 e. The normalized spacial score (nSPS) is 16.9. The van der Waals surface area contributed by atoms with Crippen LogP contribution in [0.3, 0.4) is 0 Å². The van der Waals surface area contributed by atoms with Gasteiger partial charge in [-0.2, -0.15) is 0 Å². The zero-order valence-electron chi connectivity index (χ0n) is 10.3. The van der Waals surface area contributed by atoms with Crippen molar-refractivity contribution in [1.29, 1.82) is 0 Å². The largest absolute Gasteiger partial charge is 0.481 e. The lowest BCUT2D eigenvalue weighted by molar-refractivity contribution is -0.137. The molecule has 8 heteroatoms. The second kappa shape index (κ2) is 5.67. The summed E-state index contributed by atoms with van der Waals surface area (Å²) in [6.07, 6.45) is 1.21. The van der Waals surface area contributed by atoms with Gasteiger partial charge in [0.2, 0.25) is 10.0 Å². The van der Waals surface area contributed by atoms with Crippen molar-refractivity contribution in [2.75, 3.05) is 0 Å². The first-order valence-corrected chi connectivity index (χ1v) is 7.85. The van der Waals surface area contributed by atoms with Crippen molar-refractivity contribution in [3.63, 3.8) is 0 Å².